The Morgan fingerprint density at radius 2 is 1.71 bits per heavy atom. The molecule has 2 N–H and O–H groups in total. The Balaban J connectivity index is 1.58. The number of aliphatic imine (C=N–C) groups is 1. The predicted octanol–water partition coefficient (Wildman–Crippen LogP) is 5.87. The van der Waals surface area contributed by atoms with Gasteiger partial charge in [0.15, 0.2) is 0 Å². The van der Waals surface area contributed by atoms with E-state index in [1.54, 1.807) is 36.5 Å². The van der Waals surface area contributed by atoms with E-state index in [1.807, 2.05) is 0 Å². The molecule has 3 aromatic carbocycles. The number of aromatic carboxylic acids is 1. The zero-order valence-corrected chi connectivity index (χ0v) is 18.1. The van der Waals surface area contributed by atoms with Crippen LogP contribution in [0.25, 0.3) is 11.1 Å². The van der Waals surface area contributed by atoms with E-state index >= 15 is 0 Å². The first-order valence-electron chi connectivity index (χ1n) is 10.2. The molecule has 0 spiro atoms. The van der Waals surface area contributed by atoms with Gasteiger partial charge in [-0.3, -0.25) is 4.99 Å². The van der Waals surface area contributed by atoms with Gasteiger partial charge in [0.25, 0.3) is 0 Å². The highest BCUT2D eigenvalue weighted by Crippen LogP contribution is 2.35. The first-order chi connectivity index (χ1) is 16.4. The topological polar surface area (TPSA) is 87.5 Å². The highest BCUT2D eigenvalue weighted by molar-refractivity contribution is 6.31. The van der Waals surface area contributed by atoms with Crippen LogP contribution in [0.4, 0.5) is 20.4 Å². The highest BCUT2D eigenvalue weighted by Gasteiger charge is 2.25. The standard InChI is InChI=1S/C25H15ClF2N4O2/c26-14-6-9-16-17(10-14)23(22-19(27)2-1-3-20(22)28)29-12-21-18(16)11-30-25(32-21)31-15-7-4-13(5-8-15)24(33)34/h1-11H,12H2,(H,33,34)(H,30,31,32). The molecule has 6 nitrogen and oxygen atoms in total. The van der Waals surface area contributed by atoms with Crippen molar-refractivity contribution in [3.05, 3.63) is 106 Å². The Kier molecular flexibility index (Phi) is 5.51. The second-order valence-electron chi connectivity index (χ2n) is 7.51. The van der Waals surface area contributed by atoms with Crippen molar-refractivity contribution >= 4 is 34.9 Å². The lowest BCUT2D eigenvalue weighted by Crippen LogP contribution is -2.10. The van der Waals surface area contributed by atoms with Gasteiger partial charge in [0.2, 0.25) is 5.95 Å². The number of hydrogen-bond donors (Lipinski definition) is 2. The van der Waals surface area contributed by atoms with Crippen molar-refractivity contribution in [3.8, 4) is 11.1 Å². The Labute approximate surface area is 197 Å². The summed E-state index contributed by atoms with van der Waals surface area (Å²) < 4.78 is 29.3. The van der Waals surface area contributed by atoms with Crippen molar-refractivity contribution < 1.29 is 18.7 Å². The van der Waals surface area contributed by atoms with Crippen LogP contribution in [0.5, 0.6) is 0 Å². The van der Waals surface area contributed by atoms with Crippen molar-refractivity contribution in [2.45, 2.75) is 6.54 Å². The van der Waals surface area contributed by atoms with Crippen molar-refractivity contribution in [2.75, 3.05) is 5.32 Å². The van der Waals surface area contributed by atoms with Gasteiger partial charge in [0.1, 0.15) is 11.6 Å². The monoisotopic (exact) mass is 476 g/mol. The van der Waals surface area contributed by atoms with Gasteiger partial charge in [-0.1, -0.05) is 23.7 Å². The summed E-state index contributed by atoms with van der Waals surface area (Å²) in [5, 5.41) is 12.5. The summed E-state index contributed by atoms with van der Waals surface area (Å²) in [7, 11) is 0. The molecule has 0 bridgehead atoms. The largest absolute Gasteiger partial charge is 0.478 e. The average Bonchev–Trinajstić information content (AvgIpc) is 2.96. The van der Waals surface area contributed by atoms with E-state index in [0.29, 0.717) is 33.1 Å². The van der Waals surface area contributed by atoms with Crippen LogP contribution in [0.3, 0.4) is 0 Å². The van der Waals surface area contributed by atoms with E-state index < -0.39 is 17.6 Å². The number of nitrogens with zero attached hydrogens (tertiary/aromatic N) is 3. The van der Waals surface area contributed by atoms with Crippen LogP contribution < -0.4 is 5.32 Å². The Hall–Kier alpha value is -4.17. The SMILES string of the molecule is O=C(O)c1ccc(Nc2ncc3c(n2)CN=C(c2c(F)cccc2F)c2cc(Cl)ccc2-3)cc1. The number of hydrogen-bond acceptors (Lipinski definition) is 5. The quantitative estimate of drug-likeness (QED) is 0.385. The lowest BCUT2D eigenvalue weighted by molar-refractivity contribution is 0.0697. The average molecular weight is 477 g/mol. The number of fused-ring (bicyclic) bond motifs is 3. The molecule has 0 fully saturated rings. The minimum atomic E-state index is -1.02. The van der Waals surface area contributed by atoms with Crippen molar-refractivity contribution in [1.82, 2.24) is 9.97 Å². The van der Waals surface area contributed by atoms with E-state index in [0.717, 1.165) is 0 Å². The molecule has 4 aromatic rings. The number of anilines is 2. The lowest BCUT2D eigenvalue weighted by atomic mass is 9.94. The zero-order valence-electron chi connectivity index (χ0n) is 17.4. The zero-order chi connectivity index (χ0) is 23.8. The van der Waals surface area contributed by atoms with Crippen LogP contribution in [0.1, 0.15) is 27.2 Å². The molecular weight excluding hydrogens is 462 g/mol. The lowest BCUT2D eigenvalue weighted by Gasteiger charge is -2.13. The van der Waals surface area contributed by atoms with Gasteiger partial charge in [-0.25, -0.2) is 23.5 Å². The van der Waals surface area contributed by atoms with Gasteiger partial charge in [-0.15, -0.1) is 0 Å². The number of halogens is 3. The molecule has 9 heteroatoms. The maximum absolute atomic E-state index is 14.6. The summed E-state index contributed by atoms with van der Waals surface area (Å²) in [6.45, 7) is 0.0554. The predicted molar refractivity (Wildman–Crippen MR) is 125 cm³/mol. The van der Waals surface area contributed by atoms with Gasteiger partial charge in [-0.2, -0.15) is 0 Å². The molecule has 0 atom stereocenters. The molecule has 0 unspecified atom stereocenters. The Morgan fingerprint density at radius 1 is 0.971 bits per heavy atom. The van der Waals surface area contributed by atoms with Crippen LogP contribution in [0.15, 0.2) is 71.9 Å². The summed E-state index contributed by atoms with van der Waals surface area (Å²) in [5.41, 5.74) is 3.01. The van der Waals surface area contributed by atoms with E-state index in [4.69, 9.17) is 16.7 Å². The van der Waals surface area contributed by atoms with Crippen LogP contribution >= 0.6 is 11.6 Å². The number of benzene rings is 3. The minimum absolute atomic E-state index is 0.0554. The molecule has 168 valence electrons. The third kappa shape index (κ3) is 3.99. The number of carboxylic acid groups (broad SMARTS) is 1. The molecule has 1 aromatic heterocycles. The van der Waals surface area contributed by atoms with E-state index in [1.165, 1.54) is 30.3 Å². The summed E-state index contributed by atoms with van der Waals surface area (Å²) in [6.07, 6.45) is 1.61. The number of rotatable bonds is 4. The molecule has 5 rings (SSSR count). The van der Waals surface area contributed by atoms with Gasteiger partial charge < -0.3 is 10.4 Å². The van der Waals surface area contributed by atoms with E-state index in [2.05, 4.69) is 20.3 Å². The number of carbonyl (C=O) groups is 1. The van der Waals surface area contributed by atoms with Gasteiger partial charge in [-0.05, 0) is 54.1 Å². The van der Waals surface area contributed by atoms with Crippen LogP contribution in [-0.2, 0) is 6.54 Å². The minimum Gasteiger partial charge on any atom is -0.478 e. The van der Waals surface area contributed by atoms with Crippen LogP contribution in [0.2, 0.25) is 5.02 Å². The molecule has 0 aliphatic carbocycles. The molecule has 2 heterocycles. The van der Waals surface area contributed by atoms with Gasteiger partial charge in [0, 0.05) is 28.0 Å². The molecule has 0 radical (unpaired) electrons. The smallest absolute Gasteiger partial charge is 0.335 e. The Bertz CT molecular complexity index is 1450. The van der Waals surface area contributed by atoms with Crippen LogP contribution in [0, 0.1) is 11.6 Å². The second-order valence-corrected chi connectivity index (χ2v) is 7.95. The maximum Gasteiger partial charge on any atom is 0.335 e. The summed E-state index contributed by atoms with van der Waals surface area (Å²) in [6, 6.07) is 14.8. The first-order valence-corrected chi connectivity index (χ1v) is 10.5. The highest BCUT2D eigenvalue weighted by atomic mass is 35.5. The van der Waals surface area contributed by atoms with Crippen molar-refractivity contribution in [3.63, 3.8) is 0 Å². The molecule has 1 aliphatic heterocycles. The number of aromatic nitrogens is 2. The number of nitrogens with one attached hydrogen (secondary N) is 1. The van der Waals surface area contributed by atoms with Crippen molar-refractivity contribution in [2.24, 2.45) is 4.99 Å². The molecule has 0 amide bonds. The fourth-order valence-corrected chi connectivity index (χ4v) is 3.94. The second kappa shape index (κ2) is 8.64. The number of carboxylic acids is 1. The summed E-state index contributed by atoms with van der Waals surface area (Å²) in [4.78, 5) is 24.5. The first kappa shape index (κ1) is 21.7. The van der Waals surface area contributed by atoms with E-state index in [-0.39, 0.29) is 29.3 Å². The molecule has 1 aliphatic rings. The fourth-order valence-electron chi connectivity index (χ4n) is 3.77. The third-order valence-corrected chi connectivity index (χ3v) is 5.60. The summed E-state index contributed by atoms with van der Waals surface area (Å²) in [5.74, 6) is -2.21. The Morgan fingerprint density at radius 3 is 2.41 bits per heavy atom. The molecule has 0 saturated carbocycles. The summed E-state index contributed by atoms with van der Waals surface area (Å²) >= 11 is 6.22. The van der Waals surface area contributed by atoms with Crippen LogP contribution in [-0.4, -0.2) is 26.8 Å². The van der Waals surface area contributed by atoms with Crippen molar-refractivity contribution in [1.29, 1.82) is 0 Å². The van der Waals surface area contributed by atoms with E-state index in [9.17, 15) is 13.6 Å². The van der Waals surface area contributed by atoms with Gasteiger partial charge in [0.05, 0.1) is 29.1 Å². The third-order valence-electron chi connectivity index (χ3n) is 5.37. The molecule has 34 heavy (non-hydrogen) atoms. The normalized spacial score (nSPS) is 12.3. The maximum atomic E-state index is 14.6. The fraction of sp³-hybridized carbons (Fsp3) is 0.0400. The molecule has 0 saturated heterocycles. The molecular formula is C25H15ClF2N4O2. The van der Waals surface area contributed by atoms with Gasteiger partial charge >= 0.3 is 5.97 Å².